The standard InChI is InChI=1S/C6H15NO3.C6H6O3S/c8-4-1-7(2-5-9)3-6-10;7-10(8,9)6-4-2-1-3-5-6/h8-10H,1-6H2;1-5H,(H,7,8,9). The maximum absolute atomic E-state index is 10.4. The molecule has 0 amide bonds. The van der Waals surface area contributed by atoms with Crippen LogP contribution in [0.4, 0.5) is 0 Å². The summed E-state index contributed by atoms with van der Waals surface area (Å²) in [6.07, 6.45) is 0. The van der Waals surface area contributed by atoms with E-state index in [9.17, 15) is 8.42 Å². The van der Waals surface area contributed by atoms with Gasteiger partial charge in [0.15, 0.2) is 0 Å². The summed E-state index contributed by atoms with van der Waals surface area (Å²) in [5.41, 5.74) is 0. The summed E-state index contributed by atoms with van der Waals surface area (Å²) in [7, 11) is -4.00. The van der Waals surface area contributed by atoms with E-state index in [0.29, 0.717) is 19.6 Å². The first-order chi connectivity index (χ1) is 9.45. The monoisotopic (exact) mass is 307 g/mol. The van der Waals surface area contributed by atoms with Crippen LogP contribution in [0.3, 0.4) is 0 Å². The molecule has 0 aromatic heterocycles. The molecule has 0 heterocycles. The molecule has 0 aliphatic heterocycles. The second-order valence-electron chi connectivity index (χ2n) is 3.80. The minimum absolute atomic E-state index is 0.0694. The molecule has 0 atom stereocenters. The van der Waals surface area contributed by atoms with Crippen molar-refractivity contribution < 1.29 is 28.3 Å². The molecule has 0 unspecified atom stereocenters. The van der Waals surface area contributed by atoms with Crippen LogP contribution < -0.4 is 0 Å². The van der Waals surface area contributed by atoms with Crippen LogP contribution in [0.1, 0.15) is 0 Å². The summed E-state index contributed by atoms with van der Waals surface area (Å²) in [5, 5.41) is 25.5. The first-order valence-electron chi connectivity index (χ1n) is 6.03. The Labute approximate surface area is 118 Å². The molecule has 0 fully saturated rings. The molecule has 0 saturated carbocycles. The van der Waals surface area contributed by atoms with Crippen LogP contribution in [0.2, 0.25) is 0 Å². The van der Waals surface area contributed by atoms with Gasteiger partial charge in [-0.15, -0.1) is 0 Å². The van der Waals surface area contributed by atoms with Crippen LogP contribution in [0.5, 0.6) is 0 Å². The number of hydrogen-bond acceptors (Lipinski definition) is 6. The molecule has 20 heavy (non-hydrogen) atoms. The molecule has 1 aromatic rings. The number of hydrogen-bond donors (Lipinski definition) is 4. The first-order valence-corrected chi connectivity index (χ1v) is 7.47. The van der Waals surface area contributed by atoms with E-state index >= 15 is 0 Å². The predicted molar refractivity (Wildman–Crippen MR) is 74.0 cm³/mol. The smallest absolute Gasteiger partial charge is 0.294 e. The van der Waals surface area contributed by atoms with E-state index in [4.69, 9.17) is 19.9 Å². The Morgan fingerprint density at radius 1 is 0.850 bits per heavy atom. The lowest BCUT2D eigenvalue weighted by Crippen LogP contribution is -2.32. The molecule has 1 rings (SSSR count). The van der Waals surface area contributed by atoms with E-state index in [2.05, 4.69) is 0 Å². The van der Waals surface area contributed by atoms with Crippen molar-refractivity contribution in [1.29, 1.82) is 0 Å². The zero-order valence-corrected chi connectivity index (χ0v) is 11.9. The SMILES string of the molecule is O=S(=O)(O)c1ccccc1.OCCN(CCO)CCO. The van der Waals surface area contributed by atoms with E-state index < -0.39 is 10.1 Å². The number of aliphatic hydroxyl groups is 3. The van der Waals surface area contributed by atoms with Gasteiger partial charge in [0.2, 0.25) is 0 Å². The highest BCUT2D eigenvalue weighted by Gasteiger charge is 2.05. The molecule has 7 nitrogen and oxygen atoms in total. The fourth-order valence-electron chi connectivity index (χ4n) is 1.35. The predicted octanol–water partition coefficient (Wildman–Crippen LogP) is -0.801. The number of nitrogens with zero attached hydrogens (tertiary/aromatic N) is 1. The largest absolute Gasteiger partial charge is 0.395 e. The Morgan fingerprint density at radius 2 is 1.25 bits per heavy atom. The third-order valence-corrected chi connectivity index (χ3v) is 3.16. The summed E-state index contributed by atoms with van der Waals surface area (Å²) in [4.78, 5) is 1.72. The van der Waals surface area contributed by atoms with Gasteiger partial charge in [0, 0.05) is 19.6 Å². The van der Waals surface area contributed by atoms with Gasteiger partial charge in [0.25, 0.3) is 10.1 Å². The molecular formula is C12H21NO6S. The van der Waals surface area contributed by atoms with Crippen molar-refractivity contribution in [2.75, 3.05) is 39.5 Å². The molecule has 8 heteroatoms. The topological polar surface area (TPSA) is 118 Å². The van der Waals surface area contributed by atoms with Gasteiger partial charge in [0.1, 0.15) is 0 Å². The zero-order chi connectivity index (χ0) is 15.4. The summed E-state index contributed by atoms with van der Waals surface area (Å²) in [6, 6.07) is 7.42. The Kier molecular flexibility index (Phi) is 10.2. The van der Waals surface area contributed by atoms with Crippen molar-refractivity contribution in [1.82, 2.24) is 4.90 Å². The highest BCUT2D eigenvalue weighted by molar-refractivity contribution is 7.85. The second-order valence-corrected chi connectivity index (χ2v) is 5.22. The Bertz CT molecular complexity index is 422. The number of aliphatic hydroxyl groups excluding tert-OH is 3. The second kappa shape index (κ2) is 10.7. The average molecular weight is 307 g/mol. The molecule has 4 N–H and O–H groups in total. The third-order valence-electron chi connectivity index (χ3n) is 2.29. The van der Waals surface area contributed by atoms with Crippen LogP contribution in [0.25, 0.3) is 0 Å². The van der Waals surface area contributed by atoms with E-state index in [-0.39, 0.29) is 24.7 Å². The van der Waals surface area contributed by atoms with Crippen LogP contribution in [-0.2, 0) is 10.1 Å². The molecule has 0 radical (unpaired) electrons. The van der Waals surface area contributed by atoms with Crippen molar-refractivity contribution in [3.05, 3.63) is 30.3 Å². The van der Waals surface area contributed by atoms with Gasteiger partial charge in [0.05, 0.1) is 24.7 Å². The Hall–Kier alpha value is -1.03. The van der Waals surface area contributed by atoms with Gasteiger partial charge in [-0.2, -0.15) is 8.42 Å². The van der Waals surface area contributed by atoms with Crippen LogP contribution in [0.15, 0.2) is 35.2 Å². The minimum atomic E-state index is -4.00. The van der Waals surface area contributed by atoms with Gasteiger partial charge in [-0.05, 0) is 12.1 Å². The van der Waals surface area contributed by atoms with Crippen LogP contribution in [-0.4, -0.2) is 72.6 Å². The normalized spacial score (nSPS) is 11.1. The van der Waals surface area contributed by atoms with Gasteiger partial charge in [-0.25, -0.2) is 0 Å². The van der Waals surface area contributed by atoms with Crippen molar-refractivity contribution in [2.45, 2.75) is 4.90 Å². The lowest BCUT2D eigenvalue weighted by molar-refractivity contribution is 0.136. The highest BCUT2D eigenvalue weighted by Crippen LogP contribution is 2.05. The minimum Gasteiger partial charge on any atom is -0.395 e. The fourth-order valence-corrected chi connectivity index (χ4v) is 1.85. The molecule has 0 spiro atoms. The van der Waals surface area contributed by atoms with E-state index in [1.807, 2.05) is 0 Å². The van der Waals surface area contributed by atoms with Gasteiger partial charge < -0.3 is 15.3 Å². The maximum Gasteiger partial charge on any atom is 0.294 e. The van der Waals surface area contributed by atoms with Crippen molar-refractivity contribution in [3.63, 3.8) is 0 Å². The summed E-state index contributed by atoms with van der Waals surface area (Å²) in [6.45, 7) is 1.75. The van der Waals surface area contributed by atoms with Crippen LogP contribution >= 0.6 is 0 Å². The Morgan fingerprint density at radius 3 is 1.50 bits per heavy atom. The molecule has 0 aliphatic carbocycles. The Balaban J connectivity index is 0.000000361. The summed E-state index contributed by atoms with van der Waals surface area (Å²) in [5.74, 6) is 0. The van der Waals surface area contributed by atoms with Gasteiger partial charge in [-0.1, -0.05) is 18.2 Å². The summed E-state index contributed by atoms with van der Waals surface area (Å²) >= 11 is 0. The fraction of sp³-hybridized carbons (Fsp3) is 0.500. The molecule has 1 aromatic carbocycles. The van der Waals surface area contributed by atoms with Crippen molar-refractivity contribution >= 4 is 10.1 Å². The maximum atomic E-state index is 10.4. The number of rotatable bonds is 7. The van der Waals surface area contributed by atoms with E-state index in [0.717, 1.165) is 0 Å². The van der Waals surface area contributed by atoms with Crippen molar-refractivity contribution in [2.24, 2.45) is 0 Å². The third kappa shape index (κ3) is 8.97. The van der Waals surface area contributed by atoms with Crippen LogP contribution in [0, 0.1) is 0 Å². The molecular weight excluding hydrogens is 286 g/mol. The lowest BCUT2D eigenvalue weighted by atomic mass is 10.4. The highest BCUT2D eigenvalue weighted by atomic mass is 32.2. The molecule has 0 saturated heterocycles. The van der Waals surface area contributed by atoms with Crippen molar-refractivity contribution in [3.8, 4) is 0 Å². The summed E-state index contributed by atoms with van der Waals surface area (Å²) < 4.78 is 29.2. The average Bonchev–Trinajstić information content (AvgIpc) is 2.40. The lowest BCUT2D eigenvalue weighted by Gasteiger charge is -2.17. The van der Waals surface area contributed by atoms with Gasteiger partial charge >= 0.3 is 0 Å². The van der Waals surface area contributed by atoms with Gasteiger partial charge in [-0.3, -0.25) is 9.45 Å². The molecule has 0 bridgehead atoms. The molecule has 116 valence electrons. The van der Waals surface area contributed by atoms with E-state index in [1.165, 1.54) is 12.1 Å². The first kappa shape index (κ1) is 19.0. The number of benzene rings is 1. The molecule has 0 aliphatic rings. The quantitative estimate of drug-likeness (QED) is 0.487. The van der Waals surface area contributed by atoms with E-state index in [1.54, 1.807) is 23.1 Å². The zero-order valence-electron chi connectivity index (χ0n) is 11.1.